The van der Waals surface area contributed by atoms with E-state index in [1.807, 2.05) is 18.2 Å². The molecule has 0 bridgehead atoms. The quantitative estimate of drug-likeness (QED) is 0.837. The summed E-state index contributed by atoms with van der Waals surface area (Å²) in [5.74, 6) is 2.29. The molecule has 0 fully saturated rings. The molecule has 2 rings (SSSR count). The molecule has 0 radical (unpaired) electrons. The van der Waals surface area contributed by atoms with Crippen LogP contribution < -0.4 is 9.47 Å². The molecular formula is C13H17N3O3. The number of rotatable bonds is 6. The van der Waals surface area contributed by atoms with Gasteiger partial charge in [-0.15, -0.1) is 0 Å². The van der Waals surface area contributed by atoms with Crippen molar-refractivity contribution in [2.24, 2.45) is 0 Å². The number of benzene rings is 1. The van der Waals surface area contributed by atoms with Gasteiger partial charge in [-0.1, -0.05) is 6.07 Å². The topological polar surface area (TPSA) is 69.4 Å². The molecular weight excluding hydrogens is 246 g/mol. The van der Waals surface area contributed by atoms with E-state index in [2.05, 4.69) is 10.1 Å². The normalized spacial score (nSPS) is 10.5. The van der Waals surface area contributed by atoms with Gasteiger partial charge < -0.3 is 14.6 Å². The third-order valence-corrected chi connectivity index (χ3v) is 2.85. The smallest absolute Gasteiger partial charge is 0.138 e. The van der Waals surface area contributed by atoms with Gasteiger partial charge in [-0.2, -0.15) is 5.10 Å². The molecule has 6 heteroatoms. The first-order chi connectivity index (χ1) is 9.28. The summed E-state index contributed by atoms with van der Waals surface area (Å²) < 4.78 is 12.2. The molecule has 0 aliphatic rings. The van der Waals surface area contributed by atoms with Crippen molar-refractivity contribution in [1.82, 2.24) is 14.8 Å². The SMILES string of the molecule is COc1ccc(Cc2ncnn2CCO)c(OC)c1. The first-order valence-electron chi connectivity index (χ1n) is 5.97. The monoisotopic (exact) mass is 263 g/mol. The fourth-order valence-electron chi connectivity index (χ4n) is 1.87. The molecule has 0 atom stereocenters. The molecule has 102 valence electrons. The molecule has 1 aromatic carbocycles. The van der Waals surface area contributed by atoms with Crippen LogP contribution in [-0.4, -0.2) is 40.7 Å². The van der Waals surface area contributed by atoms with Gasteiger partial charge in [0, 0.05) is 18.1 Å². The molecule has 0 aliphatic heterocycles. The zero-order valence-electron chi connectivity index (χ0n) is 11.0. The zero-order valence-corrected chi connectivity index (χ0v) is 11.0. The molecule has 0 spiro atoms. The standard InChI is InChI=1S/C13H17N3O3/c1-18-11-4-3-10(12(8-11)19-2)7-13-14-9-15-16(13)5-6-17/h3-4,8-9,17H,5-7H2,1-2H3. The first-order valence-corrected chi connectivity index (χ1v) is 5.97. The van der Waals surface area contributed by atoms with Crippen molar-refractivity contribution in [1.29, 1.82) is 0 Å². The van der Waals surface area contributed by atoms with Crippen molar-refractivity contribution in [2.75, 3.05) is 20.8 Å². The summed E-state index contributed by atoms with van der Waals surface area (Å²) in [6.45, 7) is 0.476. The first kappa shape index (κ1) is 13.4. The zero-order chi connectivity index (χ0) is 13.7. The molecule has 0 amide bonds. The van der Waals surface area contributed by atoms with E-state index >= 15 is 0 Å². The van der Waals surface area contributed by atoms with Gasteiger partial charge in [0.25, 0.3) is 0 Å². The highest BCUT2D eigenvalue weighted by molar-refractivity contribution is 5.42. The summed E-state index contributed by atoms with van der Waals surface area (Å²) in [6.07, 6.45) is 2.08. The number of methoxy groups -OCH3 is 2. The Kier molecular flexibility index (Phi) is 4.35. The average Bonchev–Trinajstić information content (AvgIpc) is 2.87. The van der Waals surface area contributed by atoms with Crippen LogP contribution in [0.15, 0.2) is 24.5 Å². The molecule has 1 N–H and O–H groups in total. The van der Waals surface area contributed by atoms with Crippen LogP contribution in [0.25, 0.3) is 0 Å². The second-order valence-corrected chi connectivity index (χ2v) is 3.98. The van der Waals surface area contributed by atoms with Crippen molar-refractivity contribution in [3.8, 4) is 11.5 Å². The van der Waals surface area contributed by atoms with E-state index in [4.69, 9.17) is 14.6 Å². The molecule has 19 heavy (non-hydrogen) atoms. The van der Waals surface area contributed by atoms with E-state index in [-0.39, 0.29) is 6.61 Å². The molecule has 1 heterocycles. The maximum atomic E-state index is 8.97. The summed E-state index contributed by atoms with van der Waals surface area (Å²) in [4.78, 5) is 4.20. The van der Waals surface area contributed by atoms with E-state index in [1.165, 1.54) is 6.33 Å². The van der Waals surface area contributed by atoms with Gasteiger partial charge in [-0.05, 0) is 6.07 Å². The summed E-state index contributed by atoms with van der Waals surface area (Å²) in [5, 5.41) is 13.0. The van der Waals surface area contributed by atoms with Gasteiger partial charge in [0.15, 0.2) is 0 Å². The van der Waals surface area contributed by atoms with Gasteiger partial charge in [0.1, 0.15) is 23.7 Å². The molecule has 2 aromatic rings. The van der Waals surface area contributed by atoms with Gasteiger partial charge in [0.05, 0.1) is 27.4 Å². The average molecular weight is 263 g/mol. The highest BCUT2D eigenvalue weighted by Gasteiger charge is 2.10. The van der Waals surface area contributed by atoms with Crippen molar-refractivity contribution in [3.05, 3.63) is 35.9 Å². The van der Waals surface area contributed by atoms with E-state index < -0.39 is 0 Å². The number of aliphatic hydroxyl groups excluding tert-OH is 1. The molecule has 0 unspecified atom stereocenters. The van der Waals surface area contributed by atoms with Crippen LogP contribution in [-0.2, 0) is 13.0 Å². The Balaban J connectivity index is 2.24. The van der Waals surface area contributed by atoms with Crippen LogP contribution in [0.4, 0.5) is 0 Å². The number of ether oxygens (including phenoxy) is 2. The van der Waals surface area contributed by atoms with Crippen molar-refractivity contribution >= 4 is 0 Å². The largest absolute Gasteiger partial charge is 0.497 e. The molecule has 0 saturated heterocycles. The van der Waals surface area contributed by atoms with E-state index in [9.17, 15) is 0 Å². The minimum Gasteiger partial charge on any atom is -0.497 e. The number of aromatic nitrogens is 3. The third-order valence-electron chi connectivity index (χ3n) is 2.85. The Bertz CT molecular complexity index is 540. The molecule has 1 aromatic heterocycles. The second kappa shape index (κ2) is 6.19. The molecule has 6 nitrogen and oxygen atoms in total. The number of aliphatic hydroxyl groups is 1. The Labute approximate surface area is 111 Å². The van der Waals surface area contributed by atoms with Gasteiger partial charge in [-0.3, -0.25) is 0 Å². The van der Waals surface area contributed by atoms with Crippen molar-refractivity contribution in [3.63, 3.8) is 0 Å². The van der Waals surface area contributed by atoms with Gasteiger partial charge in [0.2, 0.25) is 0 Å². The third kappa shape index (κ3) is 3.03. The lowest BCUT2D eigenvalue weighted by Crippen LogP contribution is -2.09. The summed E-state index contributed by atoms with van der Waals surface area (Å²) in [5.41, 5.74) is 0.996. The van der Waals surface area contributed by atoms with Crippen LogP contribution in [0.3, 0.4) is 0 Å². The van der Waals surface area contributed by atoms with E-state index in [1.54, 1.807) is 18.9 Å². The minimum atomic E-state index is 0.0378. The summed E-state index contributed by atoms with van der Waals surface area (Å²) >= 11 is 0. The van der Waals surface area contributed by atoms with Crippen LogP contribution in [0.1, 0.15) is 11.4 Å². The maximum absolute atomic E-state index is 8.97. The van der Waals surface area contributed by atoms with Crippen LogP contribution in [0, 0.1) is 0 Å². The second-order valence-electron chi connectivity index (χ2n) is 3.98. The van der Waals surface area contributed by atoms with Crippen LogP contribution in [0.2, 0.25) is 0 Å². The maximum Gasteiger partial charge on any atom is 0.138 e. The number of hydrogen-bond acceptors (Lipinski definition) is 5. The Morgan fingerprint density at radius 3 is 2.79 bits per heavy atom. The molecule has 0 saturated carbocycles. The predicted octanol–water partition coefficient (Wildman–Crippen LogP) is 0.878. The Hall–Kier alpha value is -2.08. The molecule has 0 aliphatic carbocycles. The number of nitrogens with zero attached hydrogens (tertiary/aromatic N) is 3. The lowest BCUT2D eigenvalue weighted by Gasteiger charge is -2.10. The lowest BCUT2D eigenvalue weighted by atomic mass is 10.1. The summed E-state index contributed by atoms with van der Waals surface area (Å²) in [6, 6.07) is 5.66. The lowest BCUT2D eigenvalue weighted by molar-refractivity contribution is 0.267. The van der Waals surface area contributed by atoms with Crippen molar-refractivity contribution in [2.45, 2.75) is 13.0 Å². The highest BCUT2D eigenvalue weighted by Crippen LogP contribution is 2.26. The highest BCUT2D eigenvalue weighted by atomic mass is 16.5. The number of hydrogen-bond donors (Lipinski definition) is 1. The van der Waals surface area contributed by atoms with Gasteiger partial charge >= 0.3 is 0 Å². The summed E-state index contributed by atoms with van der Waals surface area (Å²) in [7, 11) is 3.24. The van der Waals surface area contributed by atoms with Gasteiger partial charge in [-0.25, -0.2) is 9.67 Å². The van der Waals surface area contributed by atoms with Crippen molar-refractivity contribution < 1.29 is 14.6 Å². The Morgan fingerprint density at radius 2 is 2.11 bits per heavy atom. The van der Waals surface area contributed by atoms with Crippen LogP contribution >= 0.6 is 0 Å². The predicted molar refractivity (Wildman–Crippen MR) is 69.5 cm³/mol. The minimum absolute atomic E-state index is 0.0378. The van der Waals surface area contributed by atoms with Crippen LogP contribution in [0.5, 0.6) is 11.5 Å². The fraction of sp³-hybridized carbons (Fsp3) is 0.385. The fourth-order valence-corrected chi connectivity index (χ4v) is 1.87. The Morgan fingerprint density at radius 1 is 1.26 bits per heavy atom. The van der Waals surface area contributed by atoms with E-state index in [0.29, 0.717) is 13.0 Å². The van der Waals surface area contributed by atoms with E-state index in [0.717, 1.165) is 22.9 Å².